The van der Waals surface area contributed by atoms with Crippen LogP contribution < -0.4 is 19.7 Å². The SMILES string of the molecule is COc1cc(/C=C2\C(=O)NC(=O)N(c3ccc(C)cc3C)C2=O)cc(I)c1OCc1ccccc1. The van der Waals surface area contributed by atoms with Crippen LogP contribution in [0, 0.1) is 17.4 Å². The van der Waals surface area contributed by atoms with Gasteiger partial charge in [-0.2, -0.15) is 0 Å². The summed E-state index contributed by atoms with van der Waals surface area (Å²) in [5, 5.41) is 2.26. The van der Waals surface area contributed by atoms with Crippen molar-refractivity contribution in [3.05, 3.63) is 92.1 Å². The normalized spacial score (nSPS) is 14.8. The van der Waals surface area contributed by atoms with Crippen LogP contribution >= 0.6 is 22.6 Å². The van der Waals surface area contributed by atoms with Crippen molar-refractivity contribution in [2.24, 2.45) is 0 Å². The number of nitrogens with one attached hydrogen (secondary N) is 1. The molecule has 4 rings (SSSR count). The molecule has 3 aromatic carbocycles. The molecule has 1 heterocycles. The smallest absolute Gasteiger partial charge is 0.335 e. The number of methoxy groups -OCH3 is 1. The van der Waals surface area contributed by atoms with Crippen LogP contribution in [-0.4, -0.2) is 25.0 Å². The number of nitrogens with zero attached hydrogens (tertiary/aromatic N) is 1. The number of hydrogen-bond donors (Lipinski definition) is 1. The molecule has 0 bridgehead atoms. The Hall–Kier alpha value is -3.66. The maximum Gasteiger partial charge on any atom is 0.335 e. The molecule has 7 nitrogen and oxygen atoms in total. The summed E-state index contributed by atoms with van der Waals surface area (Å²) >= 11 is 2.12. The predicted octanol–water partition coefficient (Wildman–Crippen LogP) is 5.16. The molecule has 1 saturated heterocycles. The maximum absolute atomic E-state index is 13.3. The second-order valence-electron chi connectivity index (χ2n) is 8.06. The first-order valence-corrected chi connectivity index (χ1v) is 11.9. The van der Waals surface area contributed by atoms with Gasteiger partial charge in [0.1, 0.15) is 12.2 Å². The third-order valence-electron chi connectivity index (χ3n) is 5.48. The van der Waals surface area contributed by atoms with Gasteiger partial charge in [-0.1, -0.05) is 48.0 Å². The number of benzene rings is 3. The lowest BCUT2D eigenvalue weighted by Crippen LogP contribution is -2.54. The van der Waals surface area contributed by atoms with Crippen LogP contribution in [0.1, 0.15) is 22.3 Å². The molecule has 0 saturated carbocycles. The maximum atomic E-state index is 13.3. The summed E-state index contributed by atoms with van der Waals surface area (Å²) in [5.74, 6) is -0.417. The van der Waals surface area contributed by atoms with E-state index >= 15 is 0 Å². The van der Waals surface area contributed by atoms with Gasteiger partial charge in [0, 0.05) is 0 Å². The van der Waals surface area contributed by atoms with Crippen LogP contribution in [0.15, 0.2) is 66.2 Å². The van der Waals surface area contributed by atoms with Gasteiger partial charge in [-0.25, -0.2) is 9.69 Å². The molecule has 178 valence electrons. The number of anilines is 1. The molecule has 0 radical (unpaired) electrons. The number of hydrogen-bond acceptors (Lipinski definition) is 5. The van der Waals surface area contributed by atoms with Gasteiger partial charge in [-0.05, 0) is 77.4 Å². The zero-order chi connectivity index (χ0) is 25.1. The third kappa shape index (κ3) is 5.22. The highest BCUT2D eigenvalue weighted by Crippen LogP contribution is 2.35. The fourth-order valence-electron chi connectivity index (χ4n) is 3.79. The summed E-state index contributed by atoms with van der Waals surface area (Å²) in [4.78, 5) is 39.4. The summed E-state index contributed by atoms with van der Waals surface area (Å²) in [6.07, 6.45) is 1.45. The molecule has 4 amide bonds. The van der Waals surface area contributed by atoms with Crippen molar-refractivity contribution in [3.8, 4) is 11.5 Å². The van der Waals surface area contributed by atoms with Gasteiger partial charge in [0.05, 0.1) is 16.4 Å². The summed E-state index contributed by atoms with van der Waals surface area (Å²) in [5.41, 5.74) is 3.59. The molecule has 8 heteroatoms. The Morgan fingerprint density at radius 1 is 1.00 bits per heavy atom. The van der Waals surface area contributed by atoms with E-state index in [0.29, 0.717) is 29.4 Å². The molecule has 0 aliphatic carbocycles. The van der Waals surface area contributed by atoms with Crippen LogP contribution in [0.25, 0.3) is 6.08 Å². The second-order valence-corrected chi connectivity index (χ2v) is 9.22. The Morgan fingerprint density at radius 2 is 1.74 bits per heavy atom. The lowest BCUT2D eigenvalue weighted by Gasteiger charge is -2.27. The topological polar surface area (TPSA) is 84.9 Å². The van der Waals surface area contributed by atoms with Crippen molar-refractivity contribution >= 4 is 52.2 Å². The zero-order valence-corrected chi connectivity index (χ0v) is 21.6. The van der Waals surface area contributed by atoms with E-state index in [0.717, 1.165) is 25.2 Å². The Kier molecular flexibility index (Phi) is 7.20. The number of halogens is 1. The number of ether oxygens (including phenoxy) is 2. The predicted molar refractivity (Wildman–Crippen MR) is 141 cm³/mol. The third-order valence-corrected chi connectivity index (χ3v) is 6.28. The van der Waals surface area contributed by atoms with Gasteiger partial charge in [-0.15, -0.1) is 0 Å². The van der Waals surface area contributed by atoms with E-state index in [-0.39, 0.29) is 5.57 Å². The molecule has 0 aromatic heterocycles. The monoisotopic (exact) mass is 582 g/mol. The number of rotatable bonds is 6. The summed E-state index contributed by atoms with van der Waals surface area (Å²) in [6, 6.07) is 17.8. The minimum atomic E-state index is -0.777. The number of aryl methyl sites for hydroxylation is 2. The Balaban J connectivity index is 1.66. The number of imide groups is 2. The molecular formula is C27H23IN2O5. The standard InChI is InChI=1S/C27H23IN2O5/c1-16-9-10-22(17(2)11-16)30-26(32)20(25(31)29-27(30)33)12-19-13-21(28)24(23(14-19)34-3)35-15-18-7-5-4-6-8-18/h4-14H,15H2,1-3H3,(H,29,31,33)/b20-12+. The van der Waals surface area contributed by atoms with Gasteiger partial charge in [-0.3, -0.25) is 14.9 Å². The summed E-state index contributed by atoms with van der Waals surface area (Å²) in [7, 11) is 1.52. The molecule has 0 atom stereocenters. The zero-order valence-electron chi connectivity index (χ0n) is 19.4. The molecule has 1 aliphatic rings. The van der Waals surface area contributed by atoms with Crippen LogP contribution in [0.5, 0.6) is 11.5 Å². The minimum absolute atomic E-state index is 0.152. The van der Waals surface area contributed by atoms with Crippen LogP contribution in [0.4, 0.5) is 10.5 Å². The first-order chi connectivity index (χ1) is 16.8. The van der Waals surface area contributed by atoms with Crippen LogP contribution in [0.2, 0.25) is 0 Å². The molecular weight excluding hydrogens is 559 g/mol. The lowest BCUT2D eigenvalue weighted by atomic mass is 10.0. The van der Waals surface area contributed by atoms with Gasteiger partial charge < -0.3 is 9.47 Å². The fourth-order valence-corrected chi connectivity index (χ4v) is 4.57. The van der Waals surface area contributed by atoms with Gasteiger partial charge in [0.2, 0.25) is 0 Å². The summed E-state index contributed by atoms with van der Waals surface area (Å²) < 4.78 is 12.3. The average molecular weight is 582 g/mol. The molecule has 1 aliphatic heterocycles. The largest absolute Gasteiger partial charge is 0.493 e. The Bertz CT molecular complexity index is 1350. The number of carbonyl (C=O) groups excluding carboxylic acids is 3. The second kappa shape index (κ2) is 10.3. The number of urea groups is 1. The van der Waals surface area contributed by atoms with Gasteiger partial charge >= 0.3 is 6.03 Å². The van der Waals surface area contributed by atoms with E-state index in [2.05, 4.69) is 27.9 Å². The lowest BCUT2D eigenvalue weighted by molar-refractivity contribution is -0.122. The summed E-state index contributed by atoms with van der Waals surface area (Å²) in [6.45, 7) is 4.09. The van der Waals surface area contributed by atoms with Gasteiger partial charge in [0.25, 0.3) is 11.8 Å². The highest BCUT2D eigenvalue weighted by Gasteiger charge is 2.37. The number of amides is 4. The van der Waals surface area contributed by atoms with Crippen molar-refractivity contribution in [1.29, 1.82) is 0 Å². The molecule has 0 unspecified atom stereocenters. The molecule has 1 fully saturated rings. The van der Waals surface area contributed by atoms with E-state index < -0.39 is 17.8 Å². The van der Waals surface area contributed by atoms with Crippen LogP contribution in [-0.2, 0) is 16.2 Å². The molecule has 35 heavy (non-hydrogen) atoms. The van der Waals surface area contributed by atoms with Crippen molar-refractivity contribution < 1.29 is 23.9 Å². The van der Waals surface area contributed by atoms with Crippen molar-refractivity contribution in [1.82, 2.24) is 5.32 Å². The van der Waals surface area contributed by atoms with Crippen molar-refractivity contribution in [3.63, 3.8) is 0 Å². The highest BCUT2D eigenvalue weighted by atomic mass is 127. The van der Waals surface area contributed by atoms with Crippen molar-refractivity contribution in [2.75, 3.05) is 12.0 Å². The van der Waals surface area contributed by atoms with Crippen LogP contribution in [0.3, 0.4) is 0 Å². The molecule has 0 spiro atoms. The molecule has 1 N–H and O–H groups in total. The van der Waals surface area contributed by atoms with E-state index in [1.54, 1.807) is 18.2 Å². The molecule has 3 aromatic rings. The van der Waals surface area contributed by atoms with E-state index in [1.165, 1.54) is 13.2 Å². The average Bonchev–Trinajstić information content (AvgIpc) is 2.82. The van der Waals surface area contributed by atoms with E-state index in [4.69, 9.17) is 9.47 Å². The number of carbonyl (C=O) groups is 3. The van der Waals surface area contributed by atoms with Gasteiger partial charge in [0.15, 0.2) is 11.5 Å². The highest BCUT2D eigenvalue weighted by molar-refractivity contribution is 14.1. The Morgan fingerprint density at radius 3 is 2.43 bits per heavy atom. The van der Waals surface area contributed by atoms with E-state index in [1.807, 2.05) is 56.3 Å². The first kappa shape index (κ1) is 24.5. The fraction of sp³-hybridized carbons (Fsp3) is 0.148. The Labute approximate surface area is 216 Å². The first-order valence-electron chi connectivity index (χ1n) is 10.8. The van der Waals surface area contributed by atoms with E-state index in [9.17, 15) is 14.4 Å². The quantitative estimate of drug-likeness (QED) is 0.247. The van der Waals surface area contributed by atoms with Crippen molar-refractivity contribution in [2.45, 2.75) is 20.5 Å². The minimum Gasteiger partial charge on any atom is -0.493 e. The number of barbiturate groups is 1.